The Hall–Kier alpha value is -3.64. The summed E-state index contributed by atoms with van der Waals surface area (Å²) in [6.07, 6.45) is 3.88. The maximum atomic E-state index is 5.95. The van der Waals surface area contributed by atoms with Gasteiger partial charge in [-0.1, -0.05) is 24.3 Å². The lowest BCUT2D eigenvalue weighted by atomic mass is 10.0. The molecule has 0 bridgehead atoms. The lowest BCUT2D eigenvalue weighted by Gasteiger charge is -2.28. The van der Waals surface area contributed by atoms with Crippen LogP contribution in [0.5, 0.6) is 11.5 Å². The quantitative estimate of drug-likeness (QED) is 0.434. The van der Waals surface area contributed by atoms with Gasteiger partial charge >= 0.3 is 0 Å². The first-order valence-electron chi connectivity index (χ1n) is 10.2. The number of anilines is 1. The van der Waals surface area contributed by atoms with Gasteiger partial charge < -0.3 is 19.5 Å². The fourth-order valence-electron chi connectivity index (χ4n) is 4.01. The molecule has 3 heterocycles. The van der Waals surface area contributed by atoms with Crippen LogP contribution in [0.2, 0.25) is 0 Å². The van der Waals surface area contributed by atoms with Crippen LogP contribution in [0.25, 0.3) is 0 Å². The van der Waals surface area contributed by atoms with Crippen LogP contribution in [-0.2, 0) is 7.05 Å². The lowest BCUT2D eigenvalue weighted by Crippen LogP contribution is -2.30. The summed E-state index contributed by atoms with van der Waals surface area (Å²) in [6.45, 7) is 0. The zero-order chi connectivity index (χ0) is 21.2. The summed E-state index contributed by atoms with van der Waals surface area (Å²) in [5, 5.41) is 4.17. The fourth-order valence-corrected chi connectivity index (χ4v) is 4.36. The second kappa shape index (κ2) is 8.24. The molecular formula is C25H22N4OS. The molecule has 0 spiro atoms. The van der Waals surface area contributed by atoms with Gasteiger partial charge in [-0.3, -0.25) is 4.98 Å². The highest BCUT2D eigenvalue weighted by atomic mass is 32.1. The normalized spacial score (nSPS) is 18.1. The topological polar surface area (TPSA) is 42.3 Å². The van der Waals surface area contributed by atoms with E-state index in [1.165, 1.54) is 0 Å². The minimum absolute atomic E-state index is 0.0247. The molecule has 2 aromatic heterocycles. The van der Waals surface area contributed by atoms with Gasteiger partial charge in [0.25, 0.3) is 0 Å². The van der Waals surface area contributed by atoms with Crippen LogP contribution in [0.1, 0.15) is 23.5 Å². The second-order valence-electron chi connectivity index (χ2n) is 7.45. The van der Waals surface area contributed by atoms with E-state index >= 15 is 0 Å². The number of hydrogen-bond donors (Lipinski definition) is 1. The highest BCUT2D eigenvalue weighted by Gasteiger charge is 2.41. The predicted octanol–water partition coefficient (Wildman–Crippen LogP) is 5.39. The summed E-state index contributed by atoms with van der Waals surface area (Å²) in [4.78, 5) is 6.76. The van der Waals surface area contributed by atoms with E-state index in [-0.39, 0.29) is 12.1 Å². The average molecular weight is 427 g/mol. The lowest BCUT2D eigenvalue weighted by molar-refractivity contribution is 0.482. The Morgan fingerprint density at radius 2 is 1.61 bits per heavy atom. The van der Waals surface area contributed by atoms with Crippen molar-refractivity contribution in [3.63, 3.8) is 0 Å². The maximum absolute atomic E-state index is 5.95. The average Bonchev–Trinajstić information content (AvgIpc) is 3.38. The molecule has 1 fully saturated rings. The van der Waals surface area contributed by atoms with Crippen molar-refractivity contribution in [2.24, 2.45) is 7.05 Å². The van der Waals surface area contributed by atoms with Crippen LogP contribution < -0.4 is 15.0 Å². The molecule has 5 nitrogen and oxygen atoms in total. The number of nitrogens with zero attached hydrogens (tertiary/aromatic N) is 3. The van der Waals surface area contributed by atoms with Crippen molar-refractivity contribution in [2.75, 3.05) is 4.90 Å². The summed E-state index contributed by atoms with van der Waals surface area (Å²) in [5.41, 5.74) is 3.12. The van der Waals surface area contributed by atoms with Crippen molar-refractivity contribution in [1.82, 2.24) is 14.9 Å². The molecule has 4 aromatic rings. The molecule has 1 aliphatic heterocycles. The number of rotatable bonds is 5. The molecule has 0 amide bonds. The number of aromatic nitrogens is 2. The summed E-state index contributed by atoms with van der Waals surface area (Å²) in [5.74, 6) is 1.59. The van der Waals surface area contributed by atoms with Crippen LogP contribution >= 0.6 is 12.2 Å². The van der Waals surface area contributed by atoms with E-state index in [2.05, 4.69) is 45.1 Å². The Labute approximate surface area is 186 Å². The third kappa shape index (κ3) is 3.78. The van der Waals surface area contributed by atoms with E-state index in [1.54, 1.807) is 0 Å². The van der Waals surface area contributed by atoms with Gasteiger partial charge in [-0.05, 0) is 72.9 Å². The monoisotopic (exact) mass is 426 g/mol. The molecule has 2 atom stereocenters. The van der Waals surface area contributed by atoms with Gasteiger partial charge in [0.15, 0.2) is 5.11 Å². The first-order chi connectivity index (χ1) is 15.2. The van der Waals surface area contributed by atoms with Crippen molar-refractivity contribution in [2.45, 2.75) is 12.1 Å². The van der Waals surface area contributed by atoms with E-state index in [9.17, 15) is 0 Å². The molecule has 0 saturated carbocycles. The number of pyridine rings is 1. The summed E-state index contributed by atoms with van der Waals surface area (Å²) < 4.78 is 8.09. The molecule has 0 unspecified atom stereocenters. The maximum Gasteiger partial charge on any atom is 0.174 e. The zero-order valence-corrected chi connectivity index (χ0v) is 17.9. The van der Waals surface area contributed by atoms with Gasteiger partial charge in [0.1, 0.15) is 17.5 Å². The van der Waals surface area contributed by atoms with Gasteiger partial charge in [-0.2, -0.15) is 0 Å². The smallest absolute Gasteiger partial charge is 0.174 e. The molecule has 2 aromatic carbocycles. The number of thiocarbonyl (C=S) groups is 1. The van der Waals surface area contributed by atoms with E-state index < -0.39 is 0 Å². The first-order valence-corrected chi connectivity index (χ1v) is 10.6. The third-order valence-corrected chi connectivity index (χ3v) is 5.79. The van der Waals surface area contributed by atoms with E-state index in [4.69, 9.17) is 17.0 Å². The van der Waals surface area contributed by atoms with Crippen LogP contribution in [-0.4, -0.2) is 14.7 Å². The summed E-state index contributed by atoms with van der Waals surface area (Å²) >= 11 is 5.78. The van der Waals surface area contributed by atoms with E-state index in [0.29, 0.717) is 5.11 Å². The van der Waals surface area contributed by atoms with Crippen LogP contribution in [0.4, 0.5) is 5.69 Å². The number of para-hydroxylation sites is 1. The molecule has 5 rings (SSSR count). The van der Waals surface area contributed by atoms with Crippen molar-refractivity contribution in [3.8, 4) is 11.5 Å². The highest BCUT2D eigenvalue weighted by Crippen LogP contribution is 2.41. The molecule has 1 aliphatic rings. The third-order valence-electron chi connectivity index (χ3n) is 5.48. The molecule has 1 N–H and O–H groups in total. The summed E-state index contributed by atoms with van der Waals surface area (Å²) in [6, 6.07) is 27.9. The van der Waals surface area contributed by atoms with Crippen molar-refractivity contribution in [1.29, 1.82) is 0 Å². The van der Waals surface area contributed by atoms with Crippen LogP contribution in [0, 0.1) is 0 Å². The van der Waals surface area contributed by atoms with E-state index in [1.807, 2.05) is 79.0 Å². The second-order valence-corrected chi connectivity index (χ2v) is 7.84. The molecule has 0 radical (unpaired) electrons. The summed E-state index contributed by atoms with van der Waals surface area (Å²) in [7, 11) is 2.06. The van der Waals surface area contributed by atoms with Gasteiger partial charge in [0.2, 0.25) is 0 Å². The van der Waals surface area contributed by atoms with Crippen molar-refractivity contribution >= 4 is 23.0 Å². The molecule has 31 heavy (non-hydrogen) atoms. The van der Waals surface area contributed by atoms with Gasteiger partial charge in [-0.15, -0.1) is 0 Å². The standard InChI is InChI=1S/C25H22N4OS/c1-28-17-7-11-22(28)24-23(21-10-5-6-16-26-21)27-25(31)29(24)18-12-14-20(15-13-18)30-19-8-3-2-4-9-19/h2-17,23-24H,1H3,(H,27,31)/t23-,24+/m0/s1. The Morgan fingerprint density at radius 3 is 2.29 bits per heavy atom. The number of nitrogens with one attached hydrogen (secondary N) is 1. The van der Waals surface area contributed by atoms with Gasteiger partial charge in [0.05, 0.1) is 11.7 Å². The largest absolute Gasteiger partial charge is 0.457 e. The SMILES string of the molecule is Cn1cccc1[C@@H]1[C@H](c2ccccn2)NC(=S)N1c1ccc(Oc2ccccc2)cc1. The Balaban J connectivity index is 1.49. The minimum Gasteiger partial charge on any atom is -0.457 e. The number of ether oxygens (including phenoxy) is 1. The number of aryl methyl sites for hydroxylation is 1. The molecule has 154 valence electrons. The zero-order valence-electron chi connectivity index (χ0n) is 17.1. The Morgan fingerprint density at radius 1 is 0.871 bits per heavy atom. The molecular weight excluding hydrogens is 404 g/mol. The fraction of sp³-hybridized carbons (Fsp3) is 0.120. The highest BCUT2D eigenvalue weighted by molar-refractivity contribution is 7.80. The van der Waals surface area contributed by atoms with Gasteiger partial charge in [0, 0.05) is 30.8 Å². The van der Waals surface area contributed by atoms with Crippen molar-refractivity contribution in [3.05, 3.63) is 109 Å². The minimum atomic E-state index is -0.0532. The molecule has 0 aliphatic carbocycles. The number of hydrogen-bond acceptors (Lipinski definition) is 3. The van der Waals surface area contributed by atoms with Crippen LogP contribution in [0.3, 0.4) is 0 Å². The van der Waals surface area contributed by atoms with Crippen LogP contribution in [0.15, 0.2) is 97.3 Å². The van der Waals surface area contributed by atoms with Crippen molar-refractivity contribution < 1.29 is 4.74 Å². The molecule has 6 heteroatoms. The van der Waals surface area contributed by atoms with Gasteiger partial charge in [-0.25, -0.2) is 0 Å². The van der Waals surface area contributed by atoms with E-state index in [0.717, 1.165) is 28.6 Å². The first kappa shape index (κ1) is 19.3. The number of benzene rings is 2. The Bertz CT molecular complexity index is 1180. The molecule has 1 saturated heterocycles. The predicted molar refractivity (Wildman–Crippen MR) is 126 cm³/mol. The Kier molecular flexibility index (Phi) is 5.14.